The Bertz CT molecular complexity index is 426. The maximum atomic E-state index is 6.02. The first kappa shape index (κ1) is 7.50. The van der Waals surface area contributed by atoms with Crippen molar-refractivity contribution in [2.24, 2.45) is 0 Å². The summed E-state index contributed by atoms with van der Waals surface area (Å²) in [5, 5.41) is 0.695. The standard InChI is InChI=1S/C9H7ClN2/c1-6-2-3-7-9(8(6)10)12-5-4-11-7/h2-5H,1H3. The molecule has 0 radical (unpaired) electrons. The Morgan fingerprint density at radius 1 is 1.17 bits per heavy atom. The second-order valence-electron chi connectivity index (χ2n) is 2.62. The van der Waals surface area contributed by atoms with E-state index in [1.807, 2.05) is 19.1 Å². The Hall–Kier alpha value is -1.15. The number of aryl methyl sites for hydroxylation is 1. The van der Waals surface area contributed by atoms with Crippen LogP contribution in [0.25, 0.3) is 11.0 Å². The van der Waals surface area contributed by atoms with Crippen molar-refractivity contribution in [3.05, 3.63) is 35.1 Å². The van der Waals surface area contributed by atoms with Crippen molar-refractivity contribution in [2.45, 2.75) is 6.92 Å². The summed E-state index contributed by atoms with van der Waals surface area (Å²) >= 11 is 6.02. The number of halogens is 1. The van der Waals surface area contributed by atoms with Gasteiger partial charge < -0.3 is 0 Å². The lowest BCUT2D eigenvalue weighted by molar-refractivity contribution is 1.28. The molecule has 0 N–H and O–H groups in total. The van der Waals surface area contributed by atoms with Gasteiger partial charge in [-0.3, -0.25) is 9.97 Å². The molecule has 0 fully saturated rings. The summed E-state index contributed by atoms with van der Waals surface area (Å²) in [6.07, 6.45) is 3.31. The van der Waals surface area contributed by atoms with Crippen LogP contribution >= 0.6 is 11.6 Å². The fraction of sp³-hybridized carbons (Fsp3) is 0.111. The van der Waals surface area contributed by atoms with E-state index in [0.29, 0.717) is 5.02 Å². The SMILES string of the molecule is Cc1ccc2nccnc2c1Cl. The van der Waals surface area contributed by atoms with Gasteiger partial charge in [0.1, 0.15) is 5.52 Å². The third-order valence-electron chi connectivity index (χ3n) is 1.77. The molecule has 1 aromatic heterocycles. The second-order valence-corrected chi connectivity index (χ2v) is 3.00. The first-order chi connectivity index (χ1) is 5.79. The van der Waals surface area contributed by atoms with E-state index in [1.54, 1.807) is 12.4 Å². The number of nitrogens with zero attached hydrogens (tertiary/aromatic N) is 2. The third-order valence-corrected chi connectivity index (χ3v) is 2.25. The van der Waals surface area contributed by atoms with Gasteiger partial charge in [0.25, 0.3) is 0 Å². The average molecular weight is 179 g/mol. The zero-order valence-electron chi connectivity index (χ0n) is 6.58. The molecule has 2 aromatic rings. The second kappa shape index (κ2) is 2.72. The molecule has 0 saturated heterocycles. The van der Waals surface area contributed by atoms with Crippen LogP contribution in [0.15, 0.2) is 24.5 Å². The maximum absolute atomic E-state index is 6.02. The van der Waals surface area contributed by atoms with Crippen LogP contribution in [0.3, 0.4) is 0 Å². The molecule has 2 rings (SSSR count). The fourth-order valence-electron chi connectivity index (χ4n) is 1.10. The molecule has 0 unspecified atom stereocenters. The minimum Gasteiger partial charge on any atom is -0.253 e. The number of hydrogen-bond donors (Lipinski definition) is 0. The van der Waals surface area contributed by atoms with E-state index < -0.39 is 0 Å². The zero-order valence-corrected chi connectivity index (χ0v) is 7.34. The largest absolute Gasteiger partial charge is 0.253 e. The van der Waals surface area contributed by atoms with Crippen molar-refractivity contribution >= 4 is 22.6 Å². The highest BCUT2D eigenvalue weighted by molar-refractivity contribution is 6.35. The summed E-state index contributed by atoms with van der Waals surface area (Å²) in [4.78, 5) is 8.28. The van der Waals surface area contributed by atoms with Gasteiger partial charge >= 0.3 is 0 Å². The van der Waals surface area contributed by atoms with Crippen molar-refractivity contribution in [2.75, 3.05) is 0 Å². The molecule has 0 aliphatic rings. The molecule has 3 heteroatoms. The van der Waals surface area contributed by atoms with Crippen molar-refractivity contribution in [3.63, 3.8) is 0 Å². The van der Waals surface area contributed by atoms with E-state index in [9.17, 15) is 0 Å². The van der Waals surface area contributed by atoms with Crippen LogP contribution < -0.4 is 0 Å². The Balaban J connectivity index is 2.91. The van der Waals surface area contributed by atoms with Crippen LogP contribution in [0.2, 0.25) is 5.02 Å². The molecule has 0 aliphatic heterocycles. The third kappa shape index (κ3) is 1.04. The molecular formula is C9H7ClN2. The molecule has 0 aliphatic carbocycles. The molecule has 0 bridgehead atoms. The van der Waals surface area contributed by atoms with E-state index >= 15 is 0 Å². The lowest BCUT2D eigenvalue weighted by Gasteiger charge is -2.00. The van der Waals surface area contributed by atoms with E-state index in [2.05, 4.69) is 9.97 Å². The highest BCUT2D eigenvalue weighted by atomic mass is 35.5. The molecule has 12 heavy (non-hydrogen) atoms. The van der Waals surface area contributed by atoms with Crippen LogP contribution in [0, 0.1) is 6.92 Å². The van der Waals surface area contributed by atoms with Crippen LogP contribution in [-0.2, 0) is 0 Å². The lowest BCUT2D eigenvalue weighted by atomic mass is 10.2. The van der Waals surface area contributed by atoms with E-state index in [-0.39, 0.29) is 0 Å². The Morgan fingerprint density at radius 2 is 1.92 bits per heavy atom. The molecule has 0 saturated carbocycles. The molecule has 60 valence electrons. The summed E-state index contributed by atoms with van der Waals surface area (Å²) in [7, 11) is 0. The minimum atomic E-state index is 0.695. The molecular weight excluding hydrogens is 172 g/mol. The summed E-state index contributed by atoms with van der Waals surface area (Å²) < 4.78 is 0. The van der Waals surface area contributed by atoms with Gasteiger partial charge in [-0.25, -0.2) is 0 Å². The molecule has 1 heterocycles. The van der Waals surface area contributed by atoms with Crippen molar-refractivity contribution in [1.29, 1.82) is 0 Å². The monoisotopic (exact) mass is 178 g/mol. The number of hydrogen-bond acceptors (Lipinski definition) is 2. The smallest absolute Gasteiger partial charge is 0.107 e. The van der Waals surface area contributed by atoms with Crippen LogP contribution in [0.4, 0.5) is 0 Å². The summed E-state index contributed by atoms with van der Waals surface area (Å²) in [6.45, 7) is 1.95. The lowest BCUT2D eigenvalue weighted by Crippen LogP contribution is -1.84. The van der Waals surface area contributed by atoms with Gasteiger partial charge in [-0.2, -0.15) is 0 Å². The van der Waals surface area contributed by atoms with Crippen LogP contribution in [-0.4, -0.2) is 9.97 Å². The van der Waals surface area contributed by atoms with Gasteiger partial charge in [-0.1, -0.05) is 17.7 Å². The van der Waals surface area contributed by atoms with Crippen molar-refractivity contribution in [3.8, 4) is 0 Å². The van der Waals surface area contributed by atoms with Crippen molar-refractivity contribution in [1.82, 2.24) is 9.97 Å². The predicted molar refractivity (Wildman–Crippen MR) is 49.3 cm³/mol. The van der Waals surface area contributed by atoms with Crippen molar-refractivity contribution < 1.29 is 0 Å². The fourth-order valence-corrected chi connectivity index (χ4v) is 1.31. The van der Waals surface area contributed by atoms with E-state index in [4.69, 9.17) is 11.6 Å². The number of benzene rings is 1. The molecule has 0 spiro atoms. The Kier molecular flexibility index (Phi) is 1.70. The first-order valence-electron chi connectivity index (χ1n) is 3.65. The average Bonchev–Trinajstić information content (AvgIpc) is 2.12. The molecule has 2 nitrogen and oxygen atoms in total. The van der Waals surface area contributed by atoms with Gasteiger partial charge in [-0.15, -0.1) is 0 Å². The van der Waals surface area contributed by atoms with Crippen LogP contribution in [0.5, 0.6) is 0 Å². The quantitative estimate of drug-likeness (QED) is 0.620. The predicted octanol–water partition coefficient (Wildman–Crippen LogP) is 2.59. The van der Waals surface area contributed by atoms with Gasteiger partial charge in [-0.05, 0) is 18.6 Å². The van der Waals surface area contributed by atoms with Gasteiger partial charge in [0.2, 0.25) is 0 Å². The normalized spacial score (nSPS) is 10.5. The van der Waals surface area contributed by atoms with E-state index in [0.717, 1.165) is 16.6 Å². The number of fused-ring (bicyclic) bond motifs is 1. The van der Waals surface area contributed by atoms with Gasteiger partial charge in [0.05, 0.1) is 10.5 Å². The summed E-state index contributed by atoms with van der Waals surface area (Å²) in [5.74, 6) is 0. The molecule has 1 aromatic carbocycles. The summed E-state index contributed by atoms with van der Waals surface area (Å²) in [6, 6.07) is 3.86. The molecule has 0 amide bonds. The minimum absolute atomic E-state index is 0.695. The van der Waals surface area contributed by atoms with Gasteiger partial charge in [0.15, 0.2) is 0 Å². The van der Waals surface area contributed by atoms with Gasteiger partial charge in [0, 0.05) is 12.4 Å². The summed E-state index contributed by atoms with van der Waals surface area (Å²) in [5.41, 5.74) is 2.65. The Labute approximate surface area is 75.2 Å². The highest BCUT2D eigenvalue weighted by Crippen LogP contribution is 2.22. The molecule has 0 atom stereocenters. The first-order valence-corrected chi connectivity index (χ1v) is 4.02. The maximum Gasteiger partial charge on any atom is 0.107 e. The topological polar surface area (TPSA) is 25.8 Å². The zero-order chi connectivity index (χ0) is 8.55. The van der Waals surface area contributed by atoms with E-state index in [1.165, 1.54) is 0 Å². The number of aromatic nitrogens is 2. The highest BCUT2D eigenvalue weighted by Gasteiger charge is 2.02. The Morgan fingerprint density at radius 3 is 2.75 bits per heavy atom. The van der Waals surface area contributed by atoms with Crippen LogP contribution in [0.1, 0.15) is 5.56 Å². The number of rotatable bonds is 0.